The average Bonchev–Trinajstić information content (AvgIpc) is 3.95. The molecule has 6 rings (SSSR count). The van der Waals surface area contributed by atoms with Gasteiger partial charge in [-0.15, -0.1) is 0 Å². The second-order valence-corrected chi connectivity index (χ2v) is 20.7. The summed E-state index contributed by atoms with van der Waals surface area (Å²) in [6, 6.07) is 18.0. The van der Waals surface area contributed by atoms with E-state index in [1.54, 1.807) is 18.0 Å². The van der Waals surface area contributed by atoms with Crippen LogP contribution in [0, 0.1) is 17.3 Å². The van der Waals surface area contributed by atoms with Crippen molar-refractivity contribution < 1.29 is 19.1 Å². The number of ether oxygens (including phenoxy) is 1. The first-order chi connectivity index (χ1) is 33.4. The molecule has 378 valence electrons. The molecule has 0 radical (unpaired) electrons. The van der Waals surface area contributed by atoms with Crippen LogP contribution in [0.5, 0.6) is 0 Å². The van der Waals surface area contributed by atoms with Gasteiger partial charge in [-0.2, -0.15) is 0 Å². The summed E-state index contributed by atoms with van der Waals surface area (Å²) < 4.78 is 7.73. The number of hydrogen-bond donors (Lipinski definition) is 3. The second-order valence-electron chi connectivity index (χ2n) is 20.7. The molecule has 4 N–H and O–H groups in total. The monoisotopic (exact) mass is 956 g/mol. The quantitative estimate of drug-likeness (QED) is 0.0490. The fourth-order valence-electron chi connectivity index (χ4n) is 10.6. The number of amides is 3. The largest absolute Gasteiger partial charge is 0.467 e. The van der Waals surface area contributed by atoms with Crippen LogP contribution in [-0.4, -0.2) is 112 Å². The molecule has 2 fully saturated rings. The number of rotatable bonds is 23. The van der Waals surface area contributed by atoms with E-state index in [1.165, 1.54) is 0 Å². The van der Waals surface area contributed by atoms with Gasteiger partial charge < -0.3 is 40.1 Å². The lowest BCUT2D eigenvalue weighted by Gasteiger charge is -2.39. The van der Waals surface area contributed by atoms with Gasteiger partial charge in [0.2, 0.25) is 5.91 Å². The van der Waals surface area contributed by atoms with E-state index in [0.717, 1.165) is 113 Å². The molecule has 3 amide bonds. The first-order valence-electron chi connectivity index (χ1n) is 25.6. The standard InChI is InChI=1S/C57H81N9O4/c1-13-40(8)63(15-3)34-43-26-29-64(35-43)56(69)62(12)53(38(5)6)55(68)60-50(41(9)66-28-19-20-39(7)61-66)31-42-21-17-22-44(30-42)45-24-25-51-47(32-45)48(33-57(10,11)36-70-37-67)54(65(51)16-4)46-23-18-27-59-52(46)49(58)14-2/h13,17-18,21-25,27,30,32,37-39,43,49-50,53,61H,1,8-9,14-16,19-20,26,28-29,31,33-36,58H2,2-7,10-12H3,(H,60,68). The molecule has 2 aliphatic rings. The van der Waals surface area contributed by atoms with Crippen molar-refractivity contribution >= 4 is 29.3 Å². The molecule has 13 nitrogen and oxygen atoms in total. The summed E-state index contributed by atoms with van der Waals surface area (Å²) in [6.07, 6.45) is 8.42. The Labute approximate surface area is 418 Å². The molecule has 2 saturated heterocycles. The van der Waals surface area contributed by atoms with Crippen molar-refractivity contribution in [3.63, 3.8) is 0 Å². The van der Waals surface area contributed by atoms with Crippen LogP contribution in [0.2, 0.25) is 0 Å². The van der Waals surface area contributed by atoms with E-state index in [-0.39, 0.29) is 42.0 Å². The van der Waals surface area contributed by atoms with Crippen LogP contribution in [0.15, 0.2) is 98.0 Å². The minimum Gasteiger partial charge on any atom is -0.467 e. The summed E-state index contributed by atoms with van der Waals surface area (Å²) in [4.78, 5) is 50.9. The molecule has 13 heteroatoms. The zero-order valence-electron chi connectivity index (χ0n) is 43.6. The van der Waals surface area contributed by atoms with Gasteiger partial charge in [0.15, 0.2) is 0 Å². The molecule has 0 bridgehead atoms. The highest BCUT2D eigenvalue weighted by molar-refractivity contribution is 5.95. The third kappa shape index (κ3) is 12.3. The Morgan fingerprint density at radius 1 is 1.06 bits per heavy atom. The molecule has 70 heavy (non-hydrogen) atoms. The van der Waals surface area contributed by atoms with Crippen molar-refractivity contribution in [3.8, 4) is 22.4 Å². The summed E-state index contributed by atoms with van der Waals surface area (Å²) in [5.41, 5.74) is 20.0. The van der Waals surface area contributed by atoms with Crippen LogP contribution in [0.25, 0.3) is 33.3 Å². The number of aryl methyl sites for hydroxylation is 1. The number of allylic oxidation sites excluding steroid dienone is 1. The lowest BCUT2D eigenvalue weighted by Crippen LogP contribution is -2.57. The summed E-state index contributed by atoms with van der Waals surface area (Å²) >= 11 is 0. The minimum absolute atomic E-state index is 0.138. The van der Waals surface area contributed by atoms with E-state index in [9.17, 15) is 14.4 Å². The van der Waals surface area contributed by atoms with Crippen LogP contribution in [0.4, 0.5) is 4.79 Å². The fourth-order valence-corrected chi connectivity index (χ4v) is 10.6. The van der Waals surface area contributed by atoms with Crippen LogP contribution in [-0.2, 0) is 33.7 Å². The Morgan fingerprint density at radius 3 is 2.49 bits per heavy atom. The van der Waals surface area contributed by atoms with Crippen molar-refractivity contribution in [3.05, 3.63) is 115 Å². The molecular formula is C57H81N9O4. The number of hydrazine groups is 1. The highest BCUT2D eigenvalue weighted by atomic mass is 16.5. The molecular weight excluding hydrogens is 875 g/mol. The Bertz CT molecular complexity index is 2490. The van der Waals surface area contributed by atoms with Crippen molar-refractivity contribution in [2.75, 3.05) is 46.4 Å². The number of aromatic nitrogens is 2. The highest BCUT2D eigenvalue weighted by Crippen LogP contribution is 2.42. The number of carbonyl (C=O) groups excluding carboxylic acids is 3. The number of likely N-dealkylation sites (tertiary alicyclic amines) is 1. The minimum atomic E-state index is -0.703. The molecule has 2 aliphatic heterocycles. The number of likely N-dealkylation sites (N-methyl/N-ethyl adjacent to an activating group) is 2. The lowest BCUT2D eigenvalue weighted by atomic mass is 9.84. The van der Waals surface area contributed by atoms with Crippen molar-refractivity contribution in [2.45, 2.75) is 125 Å². The third-order valence-electron chi connectivity index (χ3n) is 14.4. The van der Waals surface area contributed by atoms with Gasteiger partial charge in [0.05, 0.1) is 24.0 Å². The van der Waals surface area contributed by atoms with Crippen LogP contribution >= 0.6 is 0 Å². The van der Waals surface area contributed by atoms with Gasteiger partial charge in [0.25, 0.3) is 6.47 Å². The van der Waals surface area contributed by atoms with Crippen molar-refractivity contribution in [2.24, 2.45) is 23.0 Å². The topological polar surface area (TPSA) is 141 Å². The maximum atomic E-state index is 14.7. The molecule has 5 atom stereocenters. The number of carbonyl (C=O) groups is 3. The first kappa shape index (κ1) is 53.4. The van der Waals surface area contributed by atoms with Gasteiger partial charge in [-0.25, -0.2) is 10.2 Å². The van der Waals surface area contributed by atoms with Gasteiger partial charge in [-0.3, -0.25) is 14.6 Å². The number of urea groups is 1. The normalized spacial score (nSPS) is 17.5. The molecule has 4 aromatic rings. The SMILES string of the molecule is C=CC(=C)N(CC)CC1CCN(C(=O)N(C)C(C(=O)NC(Cc2cccc(-c3ccc4c(c3)c(CC(C)(C)COC=O)c(-c3cccnc3C(N)CC)n4CC)c2)C(=C)N2CCCC(C)N2)C(C)C)C1. The average molecular weight is 956 g/mol. The maximum Gasteiger partial charge on any atom is 0.320 e. The van der Waals surface area contributed by atoms with Gasteiger partial charge >= 0.3 is 6.03 Å². The number of nitrogens with one attached hydrogen (secondary N) is 2. The lowest BCUT2D eigenvalue weighted by molar-refractivity contribution is -0.131. The van der Waals surface area contributed by atoms with Gasteiger partial charge in [0.1, 0.15) is 6.04 Å². The van der Waals surface area contributed by atoms with E-state index in [4.69, 9.17) is 15.5 Å². The number of pyridine rings is 1. The van der Waals surface area contributed by atoms with Crippen LogP contribution in [0.1, 0.15) is 104 Å². The zero-order chi connectivity index (χ0) is 50.9. The van der Waals surface area contributed by atoms with Gasteiger partial charge in [-0.05, 0) is 124 Å². The Balaban J connectivity index is 1.33. The van der Waals surface area contributed by atoms with Crippen LogP contribution < -0.4 is 16.5 Å². The smallest absolute Gasteiger partial charge is 0.320 e. The van der Waals surface area contributed by atoms with Crippen LogP contribution in [0.3, 0.4) is 0 Å². The van der Waals surface area contributed by atoms with Crippen molar-refractivity contribution in [1.29, 1.82) is 0 Å². The van der Waals surface area contributed by atoms with E-state index in [2.05, 4.69) is 135 Å². The molecule has 2 aromatic carbocycles. The van der Waals surface area contributed by atoms with Crippen molar-refractivity contribution in [1.82, 2.24) is 40.0 Å². The molecule has 0 aliphatic carbocycles. The summed E-state index contributed by atoms with van der Waals surface area (Å²) in [5.74, 6) is -0.0577. The number of nitrogens with zero attached hydrogens (tertiary/aromatic N) is 6. The number of benzene rings is 2. The van der Waals surface area contributed by atoms with Gasteiger partial charge in [0, 0.05) is 97.9 Å². The third-order valence-corrected chi connectivity index (χ3v) is 14.4. The number of hydrogen-bond acceptors (Lipinski definition) is 9. The van der Waals surface area contributed by atoms with Gasteiger partial charge in [-0.1, -0.05) is 84.7 Å². The van der Waals surface area contributed by atoms with E-state index in [1.807, 2.05) is 31.0 Å². The van der Waals surface area contributed by atoms with E-state index >= 15 is 0 Å². The molecule has 2 aromatic heterocycles. The Morgan fingerprint density at radius 2 is 1.81 bits per heavy atom. The molecule has 4 heterocycles. The zero-order valence-corrected chi connectivity index (χ0v) is 43.6. The maximum absolute atomic E-state index is 14.7. The Hall–Kier alpha value is -5.92. The molecule has 0 spiro atoms. The first-order valence-corrected chi connectivity index (χ1v) is 25.6. The highest BCUT2D eigenvalue weighted by Gasteiger charge is 2.37. The number of nitrogens with two attached hydrogens (primary N) is 1. The Kier molecular flexibility index (Phi) is 18.2. The molecule has 0 saturated carbocycles. The predicted molar refractivity (Wildman–Crippen MR) is 284 cm³/mol. The predicted octanol–water partition coefficient (Wildman–Crippen LogP) is 9.49. The second kappa shape index (κ2) is 23.8. The fraction of sp³-hybridized carbons (Fsp3) is 0.509. The molecule has 5 unspecified atom stereocenters. The number of fused-ring (bicyclic) bond motifs is 1. The summed E-state index contributed by atoms with van der Waals surface area (Å²) in [5, 5.41) is 6.63. The summed E-state index contributed by atoms with van der Waals surface area (Å²) in [7, 11) is 1.76. The summed E-state index contributed by atoms with van der Waals surface area (Å²) in [6.45, 7) is 34.6. The van der Waals surface area contributed by atoms with E-state index in [0.29, 0.717) is 38.3 Å². The van der Waals surface area contributed by atoms with E-state index < -0.39 is 12.1 Å².